The summed E-state index contributed by atoms with van der Waals surface area (Å²) in [6.07, 6.45) is 0.962. The van der Waals surface area contributed by atoms with E-state index >= 15 is 0 Å². The van der Waals surface area contributed by atoms with Gasteiger partial charge >= 0.3 is 0 Å². The number of aryl methyl sites for hydroxylation is 1. The van der Waals surface area contributed by atoms with Crippen molar-refractivity contribution in [3.8, 4) is 0 Å². The summed E-state index contributed by atoms with van der Waals surface area (Å²) in [4.78, 5) is 12.7. The first-order chi connectivity index (χ1) is 10.3. The molecule has 2 aromatic rings. The SMILES string of the molecule is CCc1csc2nc(N3CCNCC3)nc(NCCO)c12. The van der Waals surface area contributed by atoms with Crippen molar-refractivity contribution in [2.45, 2.75) is 13.3 Å². The van der Waals surface area contributed by atoms with Gasteiger partial charge in [0.05, 0.1) is 12.0 Å². The third-order valence-corrected chi connectivity index (χ3v) is 4.60. The highest BCUT2D eigenvalue weighted by molar-refractivity contribution is 7.17. The number of nitrogens with one attached hydrogen (secondary N) is 2. The molecule has 0 unspecified atom stereocenters. The summed E-state index contributed by atoms with van der Waals surface area (Å²) in [5.74, 6) is 1.63. The van der Waals surface area contributed by atoms with Crippen molar-refractivity contribution >= 4 is 33.3 Å². The molecule has 0 aliphatic carbocycles. The summed E-state index contributed by atoms with van der Waals surface area (Å²) in [5, 5.41) is 18.9. The molecular formula is C14H21N5OS. The number of piperazine rings is 1. The Hall–Kier alpha value is -1.44. The van der Waals surface area contributed by atoms with Gasteiger partial charge in [-0.3, -0.25) is 0 Å². The summed E-state index contributed by atoms with van der Waals surface area (Å²) in [7, 11) is 0. The second-order valence-corrected chi connectivity index (χ2v) is 5.91. The fourth-order valence-electron chi connectivity index (χ4n) is 2.56. The topological polar surface area (TPSA) is 73.3 Å². The van der Waals surface area contributed by atoms with Gasteiger partial charge in [0.25, 0.3) is 0 Å². The predicted octanol–water partition coefficient (Wildman–Crippen LogP) is 1.07. The quantitative estimate of drug-likeness (QED) is 0.767. The van der Waals surface area contributed by atoms with Crippen LogP contribution in [0.3, 0.4) is 0 Å². The van der Waals surface area contributed by atoms with Crippen LogP contribution in [0.5, 0.6) is 0 Å². The van der Waals surface area contributed by atoms with E-state index in [1.165, 1.54) is 5.56 Å². The van der Waals surface area contributed by atoms with Crippen LogP contribution in [-0.2, 0) is 6.42 Å². The van der Waals surface area contributed by atoms with Crippen molar-refractivity contribution in [3.05, 3.63) is 10.9 Å². The van der Waals surface area contributed by atoms with Gasteiger partial charge < -0.3 is 20.6 Å². The molecule has 0 atom stereocenters. The molecule has 114 valence electrons. The summed E-state index contributed by atoms with van der Waals surface area (Å²) in [6, 6.07) is 0. The summed E-state index contributed by atoms with van der Waals surface area (Å²) >= 11 is 1.67. The van der Waals surface area contributed by atoms with Crippen molar-refractivity contribution in [3.63, 3.8) is 0 Å². The summed E-state index contributed by atoms with van der Waals surface area (Å²) in [6.45, 7) is 6.53. The lowest BCUT2D eigenvalue weighted by Gasteiger charge is -2.27. The molecule has 1 fully saturated rings. The molecule has 3 heterocycles. The van der Waals surface area contributed by atoms with E-state index in [9.17, 15) is 0 Å². The number of hydrogen-bond donors (Lipinski definition) is 3. The maximum atomic E-state index is 9.07. The third kappa shape index (κ3) is 2.95. The molecular weight excluding hydrogens is 286 g/mol. The summed E-state index contributed by atoms with van der Waals surface area (Å²) in [5.41, 5.74) is 1.27. The van der Waals surface area contributed by atoms with Gasteiger partial charge in [0.15, 0.2) is 0 Å². The van der Waals surface area contributed by atoms with Crippen LogP contribution in [0, 0.1) is 0 Å². The van der Waals surface area contributed by atoms with Gasteiger partial charge in [-0.1, -0.05) is 6.92 Å². The van der Waals surface area contributed by atoms with E-state index in [2.05, 4.69) is 27.8 Å². The normalized spacial score (nSPS) is 15.6. The standard InChI is InChI=1S/C14H21N5OS/c1-2-10-9-21-13-11(10)12(16-5-8-20)17-14(18-13)19-6-3-15-4-7-19/h9,15,20H,2-8H2,1H3,(H,16,17,18). The zero-order valence-electron chi connectivity index (χ0n) is 12.2. The number of anilines is 2. The molecule has 0 spiro atoms. The van der Waals surface area contributed by atoms with E-state index in [-0.39, 0.29) is 6.61 Å². The van der Waals surface area contributed by atoms with Crippen LogP contribution in [0.2, 0.25) is 0 Å². The minimum Gasteiger partial charge on any atom is -0.395 e. The second-order valence-electron chi connectivity index (χ2n) is 5.05. The number of aliphatic hydroxyl groups is 1. The first-order valence-electron chi connectivity index (χ1n) is 7.42. The largest absolute Gasteiger partial charge is 0.395 e. The van der Waals surface area contributed by atoms with Crippen LogP contribution in [0.15, 0.2) is 5.38 Å². The highest BCUT2D eigenvalue weighted by atomic mass is 32.1. The van der Waals surface area contributed by atoms with E-state index in [4.69, 9.17) is 15.1 Å². The van der Waals surface area contributed by atoms with Crippen molar-refractivity contribution < 1.29 is 5.11 Å². The molecule has 0 saturated carbocycles. The Labute approximate surface area is 128 Å². The van der Waals surface area contributed by atoms with Crippen molar-refractivity contribution in [1.29, 1.82) is 0 Å². The average Bonchev–Trinajstić information content (AvgIpc) is 2.96. The molecule has 0 bridgehead atoms. The minimum absolute atomic E-state index is 0.0973. The lowest BCUT2D eigenvalue weighted by atomic mass is 10.2. The number of nitrogens with zero attached hydrogens (tertiary/aromatic N) is 3. The van der Waals surface area contributed by atoms with Crippen molar-refractivity contribution in [1.82, 2.24) is 15.3 Å². The Balaban J connectivity index is 2.02. The van der Waals surface area contributed by atoms with Gasteiger partial charge in [-0.05, 0) is 17.4 Å². The molecule has 0 radical (unpaired) electrons. The van der Waals surface area contributed by atoms with Gasteiger partial charge in [-0.25, -0.2) is 4.98 Å². The van der Waals surface area contributed by atoms with Crippen LogP contribution < -0.4 is 15.5 Å². The van der Waals surface area contributed by atoms with Crippen LogP contribution in [0.1, 0.15) is 12.5 Å². The highest BCUT2D eigenvalue weighted by Crippen LogP contribution is 2.32. The third-order valence-electron chi connectivity index (χ3n) is 3.68. The molecule has 2 aromatic heterocycles. The van der Waals surface area contributed by atoms with Crippen molar-refractivity contribution in [2.75, 3.05) is 49.5 Å². The lowest BCUT2D eigenvalue weighted by molar-refractivity contribution is 0.311. The van der Waals surface area contributed by atoms with Gasteiger partial charge in [0.2, 0.25) is 5.95 Å². The van der Waals surface area contributed by atoms with Crippen molar-refractivity contribution in [2.24, 2.45) is 0 Å². The number of thiophene rings is 1. The van der Waals surface area contributed by atoms with Gasteiger partial charge in [-0.15, -0.1) is 11.3 Å². The Bertz CT molecular complexity index is 609. The molecule has 6 nitrogen and oxygen atoms in total. The smallest absolute Gasteiger partial charge is 0.228 e. The number of hydrogen-bond acceptors (Lipinski definition) is 7. The fraction of sp³-hybridized carbons (Fsp3) is 0.571. The molecule has 0 amide bonds. The fourth-order valence-corrected chi connectivity index (χ4v) is 3.58. The zero-order chi connectivity index (χ0) is 14.7. The maximum absolute atomic E-state index is 9.07. The number of fused-ring (bicyclic) bond motifs is 1. The minimum atomic E-state index is 0.0973. The molecule has 3 rings (SSSR count). The highest BCUT2D eigenvalue weighted by Gasteiger charge is 2.18. The van der Waals surface area contributed by atoms with Gasteiger partial charge in [-0.2, -0.15) is 4.98 Å². The molecule has 1 saturated heterocycles. The zero-order valence-corrected chi connectivity index (χ0v) is 13.0. The predicted molar refractivity (Wildman–Crippen MR) is 87.5 cm³/mol. The van der Waals surface area contributed by atoms with Crippen LogP contribution in [-0.4, -0.2) is 54.4 Å². The average molecular weight is 307 g/mol. The van der Waals surface area contributed by atoms with E-state index < -0.39 is 0 Å². The van der Waals surface area contributed by atoms with Gasteiger partial charge in [0, 0.05) is 32.7 Å². The first-order valence-corrected chi connectivity index (χ1v) is 8.30. The van der Waals surface area contributed by atoms with Crippen LogP contribution >= 0.6 is 11.3 Å². The Morgan fingerprint density at radius 3 is 2.90 bits per heavy atom. The molecule has 21 heavy (non-hydrogen) atoms. The number of rotatable bonds is 5. The molecule has 7 heteroatoms. The van der Waals surface area contributed by atoms with E-state index in [1.54, 1.807) is 11.3 Å². The number of aliphatic hydroxyl groups excluding tert-OH is 1. The van der Waals surface area contributed by atoms with Crippen LogP contribution in [0.4, 0.5) is 11.8 Å². The maximum Gasteiger partial charge on any atom is 0.228 e. The Morgan fingerprint density at radius 1 is 1.38 bits per heavy atom. The lowest BCUT2D eigenvalue weighted by Crippen LogP contribution is -2.44. The second kappa shape index (κ2) is 6.55. The molecule has 3 N–H and O–H groups in total. The first kappa shape index (κ1) is 14.5. The van der Waals surface area contributed by atoms with Crippen LogP contribution in [0.25, 0.3) is 10.2 Å². The number of aromatic nitrogens is 2. The monoisotopic (exact) mass is 307 g/mol. The van der Waals surface area contributed by atoms with E-state index in [1.807, 2.05) is 0 Å². The van der Waals surface area contributed by atoms with E-state index in [0.717, 1.165) is 54.6 Å². The Morgan fingerprint density at radius 2 is 2.19 bits per heavy atom. The van der Waals surface area contributed by atoms with Gasteiger partial charge in [0.1, 0.15) is 10.6 Å². The Kier molecular flexibility index (Phi) is 4.52. The molecule has 0 aromatic carbocycles. The molecule has 1 aliphatic rings. The molecule has 1 aliphatic heterocycles. The summed E-state index contributed by atoms with van der Waals surface area (Å²) < 4.78 is 0. The van der Waals surface area contributed by atoms with E-state index in [0.29, 0.717) is 6.54 Å².